The maximum Gasteiger partial charge on any atom is 0.243 e. The van der Waals surface area contributed by atoms with Crippen LogP contribution >= 0.6 is 0 Å². The molecule has 0 amide bonds. The van der Waals surface area contributed by atoms with Crippen molar-refractivity contribution in [3.05, 3.63) is 54.1 Å². The van der Waals surface area contributed by atoms with Gasteiger partial charge in [0.2, 0.25) is 10.0 Å². The van der Waals surface area contributed by atoms with Gasteiger partial charge < -0.3 is 15.2 Å². The summed E-state index contributed by atoms with van der Waals surface area (Å²) in [7, 11) is -3.61. The monoisotopic (exact) mass is 374 g/mol. The van der Waals surface area contributed by atoms with Crippen molar-refractivity contribution in [3.8, 4) is 11.5 Å². The first-order valence-corrected chi connectivity index (χ1v) is 10.2. The lowest BCUT2D eigenvalue weighted by Crippen LogP contribution is -2.30. The van der Waals surface area contributed by atoms with Gasteiger partial charge in [0.1, 0.15) is 13.2 Å². The van der Waals surface area contributed by atoms with E-state index < -0.39 is 10.0 Å². The van der Waals surface area contributed by atoms with Gasteiger partial charge in [-0.25, -0.2) is 8.42 Å². The van der Waals surface area contributed by atoms with E-state index in [0.717, 1.165) is 5.56 Å². The van der Waals surface area contributed by atoms with Gasteiger partial charge in [-0.3, -0.25) is 0 Å². The van der Waals surface area contributed by atoms with E-state index in [4.69, 9.17) is 15.2 Å². The molecule has 7 heteroatoms. The standard InChI is InChI=1S/C19H22N2O4S/c20-11-15-12-21(13-17(15)14-4-2-1-3-5-14)26(22,23)16-6-7-18-19(10-16)25-9-8-24-18/h1-7,10,15,17H,8-9,11-13,20H2/t15-,17+/m1/s1. The number of fused-ring (bicyclic) bond motifs is 1. The number of nitrogens with two attached hydrogens (primary N) is 1. The fourth-order valence-electron chi connectivity index (χ4n) is 3.68. The van der Waals surface area contributed by atoms with Gasteiger partial charge in [-0.1, -0.05) is 30.3 Å². The lowest BCUT2D eigenvalue weighted by molar-refractivity contribution is 0.171. The zero-order chi connectivity index (χ0) is 18.1. The molecule has 4 rings (SSSR count). The van der Waals surface area contributed by atoms with Crippen LogP contribution in [0.5, 0.6) is 11.5 Å². The van der Waals surface area contributed by atoms with E-state index in [-0.39, 0.29) is 16.7 Å². The molecule has 0 radical (unpaired) electrons. The van der Waals surface area contributed by atoms with Crippen molar-refractivity contribution in [2.45, 2.75) is 10.8 Å². The molecule has 2 heterocycles. The molecule has 2 N–H and O–H groups in total. The molecular formula is C19H22N2O4S. The maximum atomic E-state index is 13.1. The Kier molecular flexibility index (Phi) is 4.60. The van der Waals surface area contributed by atoms with Crippen molar-refractivity contribution in [1.29, 1.82) is 0 Å². The first kappa shape index (κ1) is 17.3. The van der Waals surface area contributed by atoms with E-state index in [1.807, 2.05) is 30.3 Å². The molecule has 2 aromatic rings. The van der Waals surface area contributed by atoms with Crippen molar-refractivity contribution < 1.29 is 17.9 Å². The van der Waals surface area contributed by atoms with Gasteiger partial charge in [0, 0.05) is 25.1 Å². The first-order chi connectivity index (χ1) is 12.6. The molecule has 2 aliphatic rings. The summed E-state index contributed by atoms with van der Waals surface area (Å²) in [6.07, 6.45) is 0. The number of hydrogen-bond acceptors (Lipinski definition) is 5. The minimum absolute atomic E-state index is 0.101. The summed E-state index contributed by atoms with van der Waals surface area (Å²) in [5.41, 5.74) is 7.07. The van der Waals surface area contributed by atoms with Crippen LogP contribution in [0.25, 0.3) is 0 Å². The van der Waals surface area contributed by atoms with Crippen LogP contribution in [0, 0.1) is 5.92 Å². The number of benzene rings is 2. The normalized spacial score (nSPS) is 23.1. The number of hydrogen-bond donors (Lipinski definition) is 1. The van der Waals surface area contributed by atoms with E-state index in [1.165, 1.54) is 4.31 Å². The summed E-state index contributed by atoms with van der Waals surface area (Å²) in [6, 6.07) is 14.8. The number of nitrogens with zero attached hydrogens (tertiary/aromatic N) is 1. The largest absolute Gasteiger partial charge is 0.486 e. The molecule has 6 nitrogen and oxygen atoms in total. The van der Waals surface area contributed by atoms with Crippen molar-refractivity contribution >= 4 is 10.0 Å². The van der Waals surface area contributed by atoms with Crippen LogP contribution in [0.2, 0.25) is 0 Å². The highest BCUT2D eigenvalue weighted by molar-refractivity contribution is 7.89. The third kappa shape index (κ3) is 3.06. The zero-order valence-electron chi connectivity index (χ0n) is 14.4. The Balaban J connectivity index is 1.62. The molecule has 0 spiro atoms. The van der Waals surface area contributed by atoms with E-state index in [1.54, 1.807) is 18.2 Å². The first-order valence-electron chi connectivity index (χ1n) is 8.74. The summed E-state index contributed by atoms with van der Waals surface area (Å²) in [6.45, 7) is 2.20. The van der Waals surface area contributed by atoms with Gasteiger partial charge in [-0.05, 0) is 30.2 Å². The molecule has 0 aromatic heterocycles. The average Bonchev–Trinajstić information content (AvgIpc) is 3.13. The Morgan fingerprint density at radius 3 is 2.46 bits per heavy atom. The molecular weight excluding hydrogens is 352 g/mol. The van der Waals surface area contributed by atoms with E-state index in [0.29, 0.717) is 44.3 Å². The predicted octanol–water partition coefficient (Wildman–Crippen LogP) is 1.82. The van der Waals surface area contributed by atoms with E-state index >= 15 is 0 Å². The van der Waals surface area contributed by atoms with Crippen molar-refractivity contribution in [2.24, 2.45) is 11.7 Å². The van der Waals surface area contributed by atoms with Crippen molar-refractivity contribution in [2.75, 3.05) is 32.8 Å². The van der Waals surface area contributed by atoms with Gasteiger partial charge in [0.15, 0.2) is 11.5 Å². The molecule has 138 valence electrons. The summed E-state index contributed by atoms with van der Waals surface area (Å²) in [5, 5.41) is 0. The molecule has 0 saturated carbocycles. The van der Waals surface area contributed by atoms with Gasteiger partial charge in [0.05, 0.1) is 4.90 Å². The maximum absolute atomic E-state index is 13.1. The highest BCUT2D eigenvalue weighted by Gasteiger charge is 2.39. The van der Waals surface area contributed by atoms with Crippen molar-refractivity contribution in [1.82, 2.24) is 4.31 Å². The Morgan fingerprint density at radius 2 is 1.73 bits per heavy atom. The number of rotatable bonds is 4. The van der Waals surface area contributed by atoms with Crippen LogP contribution in [-0.4, -0.2) is 45.6 Å². The molecule has 2 aliphatic heterocycles. The van der Waals surface area contributed by atoms with Gasteiger partial charge >= 0.3 is 0 Å². The predicted molar refractivity (Wildman–Crippen MR) is 97.9 cm³/mol. The lowest BCUT2D eigenvalue weighted by Gasteiger charge is -2.21. The Morgan fingerprint density at radius 1 is 1.00 bits per heavy atom. The summed E-state index contributed by atoms with van der Waals surface area (Å²) in [4.78, 5) is 0.228. The number of ether oxygens (including phenoxy) is 2. The molecule has 1 fully saturated rings. The van der Waals surface area contributed by atoms with Crippen LogP contribution < -0.4 is 15.2 Å². The summed E-state index contributed by atoms with van der Waals surface area (Å²) in [5.74, 6) is 1.27. The smallest absolute Gasteiger partial charge is 0.243 e. The molecule has 2 atom stereocenters. The highest BCUT2D eigenvalue weighted by atomic mass is 32.2. The van der Waals surface area contributed by atoms with Crippen LogP contribution in [-0.2, 0) is 10.0 Å². The molecule has 1 saturated heterocycles. The highest BCUT2D eigenvalue weighted by Crippen LogP contribution is 2.37. The molecule has 0 aliphatic carbocycles. The van der Waals surface area contributed by atoms with Crippen LogP contribution in [0.4, 0.5) is 0 Å². The molecule has 0 bridgehead atoms. The Labute approximate surface area is 153 Å². The summed E-state index contributed by atoms with van der Waals surface area (Å²) < 4.78 is 38.8. The molecule has 26 heavy (non-hydrogen) atoms. The fraction of sp³-hybridized carbons (Fsp3) is 0.368. The van der Waals surface area contributed by atoms with Gasteiger partial charge in [0.25, 0.3) is 0 Å². The molecule has 2 aromatic carbocycles. The van der Waals surface area contributed by atoms with Crippen molar-refractivity contribution in [3.63, 3.8) is 0 Å². The van der Waals surface area contributed by atoms with E-state index in [2.05, 4.69) is 0 Å². The second-order valence-electron chi connectivity index (χ2n) is 6.64. The molecule has 0 unspecified atom stereocenters. The Bertz CT molecular complexity index is 886. The van der Waals surface area contributed by atoms with Crippen LogP contribution in [0.3, 0.4) is 0 Å². The minimum Gasteiger partial charge on any atom is -0.486 e. The average molecular weight is 374 g/mol. The van der Waals surface area contributed by atoms with Gasteiger partial charge in [-0.15, -0.1) is 0 Å². The third-order valence-electron chi connectivity index (χ3n) is 5.09. The third-order valence-corrected chi connectivity index (χ3v) is 6.92. The summed E-state index contributed by atoms with van der Waals surface area (Å²) >= 11 is 0. The SMILES string of the molecule is NC[C@@H]1CN(S(=O)(=O)c2ccc3c(c2)OCCO3)C[C@H]1c1ccccc1. The topological polar surface area (TPSA) is 81.9 Å². The second-order valence-corrected chi connectivity index (χ2v) is 8.58. The second kappa shape index (κ2) is 6.90. The minimum atomic E-state index is -3.61. The zero-order valence-corrected chi connectivity index (χ0v) is 15.2. The Hall–Kier alpha value is -2.09. The van der Waals surface area contributed by atoms with E-state index in [9.17, 15) is 8.42 Å². The van der Waals surface area contributed by atoms with Crippen LogP contribution in [0.15, 0.2) is 53.4 Å². The lowest BCUT2D eigenvalue weighted by atomic mass is 9.89. The quantitative estimate of drug-likeness (QED) is 0.883. The van der Waals surface area contributed by atoms with Crippen LogP contribution in [0.1, 0.15) is 11.5 Å². The van der Waals surface area contributed by atoms with Gasteiger partial charge in [-0.2, -0.15) is 4.31 Å². The fourth-order valence-corrected chi connectivity index (χ4v) is 5.22. The number of sulfonamides is 1.